The molecule has 0 atom stereocenters. The molecule has 23 heavy (non-hydrogen) atoms. The van der Waals surface area contributed by atoms with Gasteiger partial charge in [0.2, 0.25) is 5.91 Å². The van der Waals surface area contributed by atoms with Crippen molar-refractivity contribution in [2.24, 2.45) is 17.4 Å². The smallest absolute Gasteiger partial charge is 0.220 e. The summed E-state index contributed by atoms with van der Waals surface area (Å²) in [5.74, 6) is 2.92. The second-order valence-electron chi connectivity index (χ2n) is 7.38. The van der Waals surface area contributed by atoms with Crippen LogP contribution in [0, 0.1) is 5.92 Å². The van der Waals surface area contributed by atoms with E-state index in [1.165, 1.54) is 12.8 Å². The molecule has 0 aromatic carbocycles. The average Bonchev–Trinajstić information content (AvgIpc) is 3.36. The summed E-state index contributed by atoms with van der Waals surface area (Å²) < 4.78 is 0. The highest BCUT2D eigenvalue weighted by atomic mass is 16.1. The normalized spacial score (nSPS) is 28.5. The van der Waals surface area contributed by atoms with E-state index in [-0.39, 0.29) is 11.8 Å². The maximum atomic E-state index is 11.3. The fourth-order valence-electron chi connectivity index (χ4n) is 3.66. The van der Waals surface area contributed by atoms with Gasteiger partial charge in [-0.1, -0.05) is 0 Å². The fraction of sp³-hybridized carbons (Fsp3) is 0.706. The molecular weight excluding hydrogens is 290 g/mol. The maximum absolute atomic E-state index is 11.3. The van der Waals surface area contributed by atoms with Crippen LogP contribution < -0.4 is 16.4 Å². The zero-order valence-corrected chi connectivity index (χ0v) is 13.4. The summed E-state index contributed by atoms with van der Waals surface area (Å²) in [4.78, 5) is 23.3. The molecule has 1 aromatic heterocycles. The average molecular weight is 315 g/mol. The van der Waals surface area contributed by atoms with Gasteiger partial charge in [0.15, 0.2) is 0 Å². The highest BCUT2D eigenvalue weighted by Gasteiger charge is 2.33. The molecule has 3 aliphatic rings. The van der Waals surface area contributed by atoms with E-state index in [2.05, 4.69) is 11.0 Å². The Morgan fingerprint density at radius 2 is 1.78 bits per heavy atom. The van der Waals surface area contributed by atoms with E-state index in [4.69, 9.17) is 21.4 Å². The van der Waals surface area contributed by atoms with Crippen LogP contribution in [0.4, 0.5) is 5.82 Å². The first-order chi connectivity index (χ1) is 11.1. The molecule has 1 saturated heterocycles. The summed E-state index contributed by atoms with van der Waals surface area (Å²) in [6.45, 7) is 1.69. The Bertz CT molecular complexity index is 601. The Balaban J connectivity index is 1.54. The van der Waals surface area contributed by atoms with Crippen LogP contribution in [-0.4, -0.2) is 35.0 Å². The van der Waals surface area contributed by atoms with Crippen LogP contribution >= 0.6 is 0 Å². The van der Waals surface area contributed by atoms with Crippen molar-refractivity contribution in [1.29, 1.82) is 0 Å². The number of amides is 1. The lowest BCUT2D eigenvalue weighted by Gasteiger charge is -2.34. The minimum atomic E-state index is -0.171. The van der Waals surface area contributed by atoms with Gasteiger partial charge in [-0.25, -0.2) is 9.97 Å². The molecular formula is C17H25N5O. The third kappa shape index (κ3) is 3.04. The van der Waals surface area contributed by atoms with Gasteiger partial charge in [-0.15, -0.1) is 0 Å². The van der Waals surface area contributed by atoms with Gasteiger partial charge in [0.05, 0.1) is 0 Å². The van der Waals surface area contributed by atoms with Gasteiger partial charge < -0.3 is 16.4 Å². The van der Waals surface area contributed by atoms with Gasteiger partial charge in [-0.05, 0) is 38.5 Å². The topological polar surface area (TPSA) is 98.1 Å². The molecule has 2 heterocycles. The van der Waals surface area contributed by atoms with Crippen molar-refractivity contribution in [3.8, 4) is 0 Å². The number of rotatable bonds is 4. The fourth-order valence-corrected chi connectivity index (χ4v) is 3.66. The van der Waals surface area contributed by atoms with Crippen molar-refractivity contribution in [2.75, 3.05) is 18.0 Å². The Morgan fingerprint density at radius 3 is 2.35 bits per heavy atom. The standard InChI is InChI=1S/C17H25N5O/c18-13-7-12(8-13)14-9-15(21-17(20-14)11-1-2-11)22-5-3-10(4-6-22)16(19)23/h9-13H,1-8,18H2,(H2,19,23). The molecule has 124 valence electrons. The van der Waals surface area contributed by atoms with E-state index in [0.29, 0.717) is 17.9 Å². The van der Waals surface area contributed by atoms with Gasteiger partial charge >= 0.3 is 0 Å². The lowest BCUT2D eigenvalue weighted by molar-refractivity contribution is -0.122. The third-order valence-corrected chi connectivity index (χ3v) is 5.51. The summed E-state index contributed by atoms with van der Waals surface area (Å²) >= 11 is 0. The molecule has 0 spiro atoms. The number of hydrogen-bond donors (Lipinski definition) is 2. The van der Waals surface area contributed by atoms with E-state index in [0.717, 1.165) is 56.1 Å². The first-order valence-corrected chi connectivity index (χ1v) is 8.79. The monoisotopic (exact) mass is 315 g/mol. The number of aromatic nitrogens is 2. The summed E-state index contributed by atoms with van der Waals surface area (Å²) in [5, 5.41) is 0. The van der Waals surface area contributed by atoms with Gasteiger partial charge in [0, 0.05) is 48.6 Å². The lowest BCUT2D eigenvalue weighted by atomic mass is 9.78. The van der Waals surface area contributed by atoms with Crippen LogP contribution in [0.1, 0.15) is 61.9 Å². The summed E-state index contributed by atoms with van der Waals surface area (Å²) in [7, 11) is 0. The number of piperidine rings is 1. The molecule has 0 radical (unpaired) electrons. The van der Waals surface area contributed by atoms with Crippen molar-refractivity contribution < 1.29 is 4.79 Å². The second-order valence-corrected chi connectivity index (χ2v) is 7.38. The maximum Gasteiger partial charge on any atom is 0.220 e. The number of nitrogens with zero attached hydrogens (tertiary/aromatic N) is 3. The number of anilines is 1. The predicted molar refractivity (Wildman–Crippen MR) is 88.1 cm³/mol. The predicted octanol–water partition coefficient (Wildman–Crippen LogP) is 1.26. The van der Waals surface area contributed by atoms with Crippen LogP contribution in [-0.2, 0) is 4.79 Å². The summed E-state index contributed by atoms with van der Waals surface area (Å²) in [5.41, 5.74) is 12.5. The number of primary amides is 1. The third-order valence-electron chi connectivity index (χ3n) is 5.51. The van der Waals surface area contributed by atoms with E-state index in [1.54, 1.807) is 0 Å². The molecule has 6 heteroatoms. The largest absolute Gasteiger partial charge is 0.369 e. The van der Waals surface area contributed by atoms with Crippen LogP contribution in [0.3, 0.4) is 0 Å². The summed E-state index contributed by atoms with van der Waals surface area (Å²) in [6.07, 6.45) is 6.12. The molecule has 1 aromatic rings. The molecule has 0 unspecified atom stereocenters. The molecule has 4 rings (SSSR count). The van der Waals surface area contributed by atoms with Gasteiger partial charge in [-0.2, -0.15) is 0 Å². The van der Waals surface area contributed by atoms with E-state index in [9.17, 15) is 4.79 Å². The number of carbonyl (C=O) groups is 1. The van der Waals surface area contributed by atoms with Crippen molar-refractivity contribution >= 4 is 11.7 Å². The Morgan fingerprint density at radius 1 is 1.09 bits per heavy atom. The van der Waals surface area contributed by atoms with Crippen LogP contribution in [0.25, 0.3) is 0 Å². The van der Waals surface area contributed by atoms with Crippen molar-refractivity contribution in [3.05, 3.63) is 17.6 Å². The molecule has 1 amide bonds. The van der Waals surface area contributed by atoms with Crippen molar-refractivity contribution in [2.45, 2.75) is 56.4 Å². The molecule has 0 bridgehead atoms. The Labute approximate surface area is 136 Å². The zero-order valence-electron chi connectivity index (χ0n) is 13.4. The van der Waals surface area contributed by atoms with Crippen LogP contribution in [0.15, 0.2) is 6.07 Å². The highest BCUT2D eigenvalue weighted by Crippen LogP contribution is 2.41. The van der Waals surface area contributed by atoms with Gasteiger partial charge in [-0.3, -0.25) is 4.79 Å². The molecule has 3 fully saturated rings. The highest BCUT2D eigenvalue weighted by molar-refractivity contribution is 5.77. The molecule has 2 saturated carbocycles. The Hall–Kier alpha value is -1.69. The molecule has 2 aliphatic carbocycles. The van der Waals surface area contributed by atoms with Crippen molar-refractivity contribution in [3.63, 3.8) is 0 Å². The molecule has 1 aliphatic heterocycles. The second kappa shape index (κ2) is 5.74. The molecule has 4 N–H and O–H groups in total. The quantitative estimate of drug-likeness (QED) is 0.871. The number of carbonyl (C=O) groups excluding carboxylic acids is 1. The van der Waals surface area contributed by atoms with Crippen LogP contribution in [0.5, 0.6) is 0 Å². The minimum Gasteiger partial charge on any atom is -0.369 e. The minimum absolute atomic E-state index is 0.0140. The Kier molecular flexibility index (Phi) is 3.71. The lowest BCUT2D eigenvalue weighted by Crippen LogP contribution is -2.39. The number of nitrogens with two attached hydrogens (primary N) is 2. The first-order valence-electron chi connectivity index (χ1n) is 8.79. The van der Waals surface area contributed by atoms with E-state index in [1.807, 2.05) is 0 Å². The van der Waals surface area contributed by atoms with E-state index < -0.39 is 0 Å². The van der Waals surface area contributed by atoms with Crippen molar-refractivity contribution in [1.82, 2.24) is 9.97 Å². The number of hydrogen-bond acceptors (Lipinski definition) is 5. The zero-order chi connectivity index (χ0) is 16.0. The van der Waals surface area contributed by atoms with Gasteiger partial charge in [0.1, 0.15) is 11.6 Å². The van der Waals surface area contributed by atoms with Gasteiger partial charge in [0.25, 0.3) is 0 Å². The molecule has 6 nitrogen and oxygen atoms in total. The first kappa shape index (κ1) is 14.9. The van der Waals surface area contributed by atoms with E-state index >= 15 is 0 Å². The van der Waals surface area contributed by atoms with Crippen LogP contribution in [0.2, 0.25) is 0 Å². The SMILES string of the molecule is NC(=O)C1CCN(c2cc(C3CC(N)C3)nc(C3CC3)n2)CC1. The summed E-state index contributed by atoms with van der Waals surface area (Å²) in [6, 6.07) is 2.47.